The molecule has 1 fully saturated rings. The molecule has 2 aliphatic rings. The number of alkyl halides is 3. The van der Waals surface area contributed by atoms with Crippen molar-refractivity contribution in [3.63, 3.8) is 0 Å². The predicted octanol–water partition coefficient (Wildman–Crippen LogP) is 5.32. The number of sulfonamides is 1. The van der Waals surface area contributed by atoms with Crippen LogP contribution in [0.4, 0.5) is 17.6 Å². The Kier molecular flexibility index (Phi) is 7.31. The number of allylic oxidation sites excluding steroid dienone is 1. The number of fused-ring (bicyclic) bond motifs is 2. The second kappa shape index (κ2) is 10.8. The molecule has 1 saturated carbocycles. The maximum Gasteiger partial charge on any atom is 0.417 e. The van der Waals surface area contributed by atoms with Crippen molar-refractivity contribution in [2.24, 2.45) is 5.41 Å². The summed E-state index contributed by atoms with van der Waals surface area (Å²) in [6.45, 7) is 2.32. The highest BCUT2D eigenvalue weighted by Gasteiger charge is 2.51. The number of hydrogen-bond donors (Lipinski definition) is 0. The van der Waals surface area contributed by atoms with E-state index >= 15 is 0 Å². The van der Waals surface area contributed by atoms with Gasteiger partial charge in [-0.2, -0.15) is 27.7 Å². The quantitative estimate of drug-likeness (QED) is 0.203. The van der Waals surface area contributed by atoms with Crippen LogP contribution in [0.15, 0.2) is 71.7 Å². The molecule has 3 aromatic heterocycles. The van der Waals surface area contributed by atoms with Crippen LogP contribution in [0.2, 0.25) is 0 Å². The third-order valence-corrected chi connectivity index (χ3v) is 10.4. The third-order valence-electron chi connectivity index (χ3n) is 8.56. The number of pyridine rings is 1. The molecule has 3 heterocycles. The Morgan fingerprint density at radius 3 is 2.50 bits per heavy atom. The highest BCUT2D eigenvalue weighted by atomic mass is 32.2. The van der Waals surface area contributed by atoms with Crippen LogP contribution in [0.1, 0.15) is 53.5 Å². The van der Waals surface area contributed by atoms with Crippen LogP contribution >= 0.6 is 0 Å². The van der Waals surface area contributed by atoms with Crippen LogP contribution in [0.5, 0.6) is 0 Å². The third kappa shape index (κ3) is 5.05. The van der Waals surface area contributed by atoms with Gasteiger partial charge in [-0.05, 0) is 86.7 Å². The zero-order chi connectivity index (χ0) is 31.4. The molecule has 4 aromatic rings. The fraction of sp³-hybridized carbons (Fsp3) is 0.333. The normalized spacial score (nSPS) is 20.2. The molecule has 9 nitrogen and oxygen atoms in total. The molecule has 2 aliphatic carbocycles. The van der Waals surface area contributed by atoms with Gasteiger partial charge >= 0.3 is 6.18 Å². The van der Waals surface area contributed by atoms with E-state index in [0.29, 0.717) is 48.1 Å². The van der Waals surface area contributed by atoms with Gasteiger partial charge in [0.2, 0.25) is 0 Å². The van der Waals surface area contributed by atoms with Gasteiger partial charge < -0.3 is 0 Å². The molecule has 1 aromatic carbocycles. The van der Waals surface area contributed by atoms with Crippen molar-refractivity contribution in [3.8, 4) is 5.69 Å². The summed E-state index contributed by atoms with van der Waals surface area (Å²) >= 11 is 0. The number of hydrogen-bond acceptors (Lipinski definition) is 6. The summed E-state index contributed by atoms with van der Waals surface area (Å²) in [5, 5.41) is 8.54. The molecule has 6 rings (SSSR count). The Balaban J connectivity index is 1.41. The number of carbonyl (C=O) groups is 1. The summed E-state index contributed by atoms with van der Waals surface area (Å²) in [5.74, 6) is -0.899. The van der Waals surface area contributed by atoms with E-state index < -0.39 is 44.8 Å². The van der Waals surface area contributed by atoms with E-state index in [1.54, 1.807) is 29.2 Å². The Morgan fingerprint density at radius 2 is 1.86 bits per heavy atom. The molecule has 230 valence electrons. The van der Waals surface area contributed by atoms with Crippen LogP contribution in [0.25, 0.3) is 11.8 Å². The van der Waals surface area contributed by atoms with Gasteiger partial charge in [-0.1, -0.05) is 5.57 Å². The van der Waals surface area contributed by atoms with Gasteiger partial charge in [-0.25, -0.2) is 17.5 Å². The molecule has 14 heteroatoms. The minimum Gasteiger partial charge on any atom is -0.291 e. The molecular formula is C30H28F4N6O3S. The van der Waals surface area contributed by atoms with Gasteiger partial charge in [0.15, 0.2) is 10.8 Å². The average Bonchev–Trinajstić information content (AvgIpc) is 3.66. The monoisotopic (exact) mass is 628 g/mol. The van der Waals surface area contributed by atoms with E-state index in [1.807, 2.05) is 13.0 Å². The van der Waals surface area contributed by atoms with Crippen molar-refractivity contribution in [2.45, 2.75) is 56.4 Å². The molecule has 0 spiro atoms. The Morgan fingerprint density at radius 1 is 1.11 bits per heavy atom. The second-order valence-corrected chi connectivity index (χ2v) is 13.0. The molecule has 0 radical (unpaired) electrons. The molecule has 44 heavy (non-hydrogen) atoms. The lowest BCUT2D eigenvalue weighted by Gasteiger charge is -2.45. The van der Waals surface area contributed by atoms with Crippen LogP contribution in [0.3, 0.4) is 0 Å². The van der Waals surface area contributed by atoms with Crippen molar-refractivity contribution < 1.29 is 30.8 Å². The van der Waals surface area contributed by atoms with Crippen molar-refractivity contribution in [1.29, 1.82) is 0 Å². The number of rotatable bonds is 7. The number of nitrogens with zero attached hydrogens (tertiary/aromatic N) is 6. The summed E-state index contributed by atoms with van der Waals surface area (Å²) in [4.78, 5) is 18.2. The lowest BCUT2D eigenvalue weighted by atomic mass is 9.60. The first-order valence-electron chi connectivity index (χ1n) is 14.0. The van der Waals surface area contributed by atoms with E-state index in [0.717, 1.165) is 12.1 Å². The fourth-order valence-electron chi connectivity index (χ4n) is 6.12. The highest BCUT2D eigenvalue weighted by Crippen LogP contribution is 2.51. The Hall–Kier alpha value is -4.17. The molecule has 2 atom stereocenters. The summed E-state index contributed by atoms with van der Waals surface area (Å²) < 4.78 is 84.9. The van der Waals surface area contributed by atoms with Gasteiger partial charge in [0.05, 0.1) is 28.6 Å². The first-order valence-corrected chi connectivity index (χ1v) is 15.4. The number of Topliss-reactive ketones (excluding diaryl/α,β-unsaturated/α-hetero) is 1. The smallest absolute Gasteiger partial charge is 0.291 e. The summed E-state index contributed by atoms with van der Waals surface area (Å²) in [5.41, 5.74) is 0.285. The molecule has 0 unspecified atom stereocenters. The number of carbonyl (C=O) groups excluding carboxylic acids is 1. The van der Waals surface area contributed by atoms with E-state index in [9.17, 15) is 30.8 Å². The fourth-order valence-corrected chi connectivity index (χ4v) is 7.43. The minimum absolute atomic E-state index is 0.0752. The van der Waals surface area contributed by atoms with Crippen LogP contribution in [-0.4, -0.2) is 56.1 Å². The summed E-state index contributed by atoms with van der Waals surface area (Å²) in [7, 11) is -2.56. The van der Waals surface area contributed by atoms with Gasteiger partial charge in [0.1, 0.15) is 11.5 Å². The molecule has 0 amide bonds. The van der Waals surface area contributed by atoms with E-state index in [-0.39, 0.29) is 23.6 Å². The number of aromatic nitrogens is 5. The number of aryl methyl sites for hydroxylation is 1. The molecular weight excluding hydrogens is 600 g/mol. The van der Waals surface area contributed by atoms with E-state index in [1.165, 1.54) is 34.2 Å². The second-order valence-electron chi connectivity index (χ2n) is 11.1. The van der Waals surface area contributed by atoms with Crippen molar-refractivity contribution in [1.82, 2.24) is 28.9 Å². The molecule has 0 N–H and O–H groups in total. The largest absolute Gasteiger partial charge is 0.417 e. The van der Waals surface area contributed by atoms with Crippen LogP contribution < -0.4 is 0 Å². The maximum absolute atomic E-state index is 14.3. The van der Waals surface area contributed by atoms with E-state index in [4.69, 9.17) is 0 Å². The predicted molar refractivity (Wildman–Crippen MR) is 152 cm³/mol. The lowest BCUT2D eigenvalue weighted by Crippen LogP contribution is -2.49. The minimum atomic E-state index is -4.62. The lowest BCUT2D eigenvalue weighted by molar-refractivity contribution is -0.137. The zero-order valence-electron chi connectivity index (χ0n) is 23.8. The Bertz CT molecular complexity index is 1860. The van der Waals surface area contributed by atoms with Gasteiger partial charge in [0.25, 0.3) is 10.0 Å². The van der Waals surface area contributed by atoms with Gasteiger partial charge in [0, 0.05) is 32.0 Å². The molecule has 0 bridgehead atoms. The van der Waals surface area contributed by atoms with Crippen molar-refractivity contribution in [3.05, 3.63) is 95.0 Å². The average molecular weight is 629 g/mol. The number of benzene rings is 1. The topological polar surface area (TPSA) is 103 Å². The summed E-state index contributed by atoms with van der Waals surface area (Å²) in [6.07, 6.45) is 1.97. The molecule has 0 saturated heterocycles. The van der Waals surface area contributed by atoms with Gasteiger partial charge in [-0.15, -0.1) is 0 Å². The first kappa shape index (κ1) is 29.9. The van der Waals surface area contributed by atoms with Crippen molar-refractivity contribution >= 4 is 21.9 Å². The van der Waals surface area contributed by atoms with Crippen LogP contribution in [-0.2, 0) is 29.2 Å². The molecule has 0 aliphatic heterocycles. The van der Waals surface area contributed by atoms with E-state index in [2.05, 4.69) is 15.2 Å². The number of ketones is 1. The zero-order valence-corrected chi connectivity index (χ0v) is 24.6. The Labute approximate surface area is 250 Å². The van der Waals surface area contributed by atoms with Gasteiger partial charge in [-0.3, -0.25) is 14.5 Å². The van der Waals surface area contributed by atoms with Crippen LogP contribution in [0, 0.1) is 11.2 Å². The number of halogens is 4. The first-order chi connectivity index (χ1) is 20.8. The highest BCUT2D eigenvalue weighted by molar-refractivity contribution is 7.89. The standard InChI is InChI=1S/C30H28F4N6O3S/c1-3-39-13-12-27(37-39)44(42,43)38(2)24-8-4-20-14-26-19(17-36-40(26)23-9-6-22(31)7-10-23)15-29(20,16-24)28(41)25-11-5-21(18-35-25)30(32,33)34/h5-7,9-14,17-18,24H,3-4,8,15-16H2,1-2H3/t24-,29-/m0/s1. The SMILES string of the molecule is CCn1ccc(S(=O)(=O)N(C)[C@H]2CCC3=Cc4c(cnn4-c4ccc(F)cc4)C[C@]3(C(=O)c3ccc(C(F)(F)F)cn3)C2)n1. The maximum atomic E-state index is 14.3. The summed E-state index contributed by atoms with van der Waals surface area (Å²) in [6, 6.07) is 8.48. The van der Waals surface area contributed by atoms with Crippen molar-refractivity contribution in [2.75, 3.05) is 7.05 Å².